The summed E-state index contributed by atoms with van der Waals surface area (Å²) in [6.45, 7) is 0.562. The Morgan fingerprint density at radius 1 is 1.35 bits per heavy atom. The van der Waals surface area contributed by atoms with Crippen LogP contribution in [0.3, 0.4) is 0 Å². The van der Waals surface area contributed by atoms with Gasteiger partial charge in [-0.2, -0.15) is 0 Å². The Morgan fingerprint density at radius 3 is 2.83 bits per heavy atom. The van der Waals surface area contributed by atoms with Gasteiger partial charge in [0.1, 0.15) is 11.5 Å². The van der Waals surface area contributed by atoms with Crippen molar-refractivity contribution in [1.82, 2.24) is 5.32 Å². The summed E-state index contributed by atoms with van der Waals surface area (Å²) >= 11 is 0. The maximum Gasteiger partial charge on any atom is 0.237 e. The van der Waals surface area contributed by atoms with Crippen molar-refractivity contribution in [3.05, 3.63) is 29.8 Å². The van der Waals surface area contributed by atoms with Crippen molar-refractivity contribution in [1.29, 1.82) is 0 Å². The SMILES string of the molecule is COc1ccc(C=CC(=O)C2CCCNC(=O)C2N)c(OC)c1. The minimum Gasteiger partial charge on any atom is -0.497 e. The Balaban J connectivity index is 2.15. The highest BCUT2D eigenvalue weighted by atomic mass is 16.5. The number of carbonyl (C=O) groups excluding carboxylic acids is 2. The van der Waals surface area contributed by atoms with Gasteiger partial charge in [-0.15, -0.1) is 0 Å². The Bertz CT molecular complexity index is 613. The molecule has 23 heavy (non-hydrogen) atoms. The van der Waals surface area contributed by atoms with E-state index in [2.05, 4.69) is 5.32 Å². The zero-order valence-electron chi connectivity index (χ0n) is 13.4. The first-order chi connectivity index (χ1) is 11.1. The van der Waals surface area contributed by atoms with E-state index in [0.29, 0.717) is 24.5 Å². The van der Waals surface area contributed by atoms with Gasteiger partial charge in [-0.05, 0) is 37.1 Å². The van der Waals surface area contributed by atoms with Crippen LogP contribution in [-0.4, -0.2) is 38.5 Å². The fourth-order valence-corrected chi connectivity index (χ4v) is 2.58. The molecule has 1 fully saturated rings. The van der Waals surface area contributed by atoms with E-state index >= 15 is 0 Å². The van der Waals surface area contributed by atoms with Crippen molar-refractivity contribution in [2.75, 3.05) is 20.8 Å². The molecule has 0 aliphatic carbocycles. The molecule has 0 aromatic heterocycles. The Hall–Kier alpha value is -2.34. The molecular weight excluding hydrogens is 296 g/mol. The van der Waals surface area contributed by atoms with Gasteiger partial charge in [0.05, 0.1) is 20.3 Å². The minimum absolute atomic E-state index is 0.146. The molecule has 1 aliphatic rings. The van der Waals surface area contributed by atoms with Gasteiger partial charge < -0.3 is 20.5 Å². The number of ketones is 1. The molecule has 2 unspecified atom stereocenters. The first-order valence-corrected chi connectivity index (χ1v) is 7.54. The van der Waals surface area contributed by atoms with Crippen LogP contribution in [0.2, 0.25) is 0 Å². The van der Waals surface area contributed by atoms with E-state index in [9.17, 15) is 9.59 Å². The number of rotatable bonds is 5. The molecule has 1 aliphatic heterocycles. The van der Waals surface area contributed by atoms with Crippen LogP contribution in [0.15, 0.2) is 24.3 Å². The number of allylic oxidation sites excluding steroid dienone is 1. The quantitative estimate of drug-likeness (QED) is 0.795. The fourth-order valence-electron chi connectivity index (χ4n) is 2.58. The van der Waals surface area contributed by atoms with E-state index < -0.39 is 12.0 Å². The maximum absolute atomic E-state index is 12.4. The second kappa shape index (κ2) is 7.78. The second-order valence-electron chi connectivity index (χ2n) is 5.41. The molecular formula is C17H22N2O4. The predicted molar refractivity (Wildman–Crippen MR) is 87.3 cm³/mol. The van der Waals surface area contributed by atoms with E-state index in [1.807, 2.05) is 0 Å². The van der Waals surface area contributed by atoms with E-state index in [1.165, 1.54) is 6.08 Å². The highest BCUT2D eigenvalue weighted by molar-refractivity contribution is 5.99. The van der Waals surface area contributed by atoms with Crippen molar-refractivity contribution in [3.63, 3.8) is 0 Å². The minimum atomic E-state index is -0.799. The van der Waals surface area contributed by atoms with Crippen molar-refractivity contribution >= 4 is 17.8 Å². The van der Waals surface area contributed by atoms with Crippen molar-refractivity contribution < 1.29 is 19.1 Å². The molecule has 0 radical (unpaired) electrons. The third-order valence-corrected chi connectivity index (χ3v) is 3.96. The number of hydrogen-bond donors (Lipinski definition) is 2. The number of hydrogen-bond acceptors (Lipinski definition) is 5. The molecule has 0 bridgehead atoms. The lowest BCUT2D eigenvalue weighted by atomic mass is 9.91. The summed E-state index contributed by atoms with van der Waals surface area (Å²) in [5.41, 5.74) is 6.64. The summed E-state index contributed by atoms with van der Waals surface area (Å²) < 4.78 is 10.4. The van der Waals surface area contributed by atoms with Crippen LogP contribution in [0, 0.1) is 5.92 Å². The van der Waals surface area contributed by atoms with E-state index in [-0.39, 0.29) is 11.7 Å². The number of amides is 1. The van der Waals surface area contributed by atoms with Gasteiger partial charge in [0.25, 0.3) is 0 Å². The van der Waals surface area contributed by atoms with Gasteiger partial charge in [0.2, 0.25) is 5.91 Å². The lowest BCUT2D eigenvalue weighted by Crippen LogP contribution is -2.45. The van der Waals surface area contributed by atoms with Crippen LogP contribution in [0.25, 0.3) is 6.08 Å². The standard InChI is InChI=1S/C17H22N2O4/c1-22-12-7-5-11(15(10-12)23-2)6-8-14(20)13-4-3-9-19-17(21)16(13)18/h5-8,10,13,16H,3-4,9,18H2,1-2H3,(H,19,21). The number of methoxy groups -OCH3 is 2. The van der Waals surface area contributed by atoms with Crippen LogP contribution >= 0.6 is 0 Å². The molecule has 2 rings (SSSR count). The molecule has 124 valence electrons. The predicted octanol–water partition coefficient (Wildman–Crippen LogP) is 1.14. The highest BCUT2D eigenvalue weighted by Gasteiger charge is 2.30. The first kappa shape index (κ1) is 17.0. The summed E-state index contributed by atoms with van der Waals surface area (Å²) in [4.78, 5) is 24.1. The third kappa shape index (κ3) is 4.10. The van der Waals surface area contributed by atoms with Gasteiger partial charge in [0.15, 0.2) is 5.78 Å². The average molecular weight is 318 g/mol. The molecule has 2 atom stereocenters. The molecule has 1 aromatic rings. The monoisotopic (exact) mass is 318 g/mol. The Morgan fingerprint density at radius 2 is 2.13 bits per heavy atom. The molecule has 0 saturated carbocycles. The van der Waals surface area contributed by atoms with Crippen molar-refractivity contribution in [2.45, 2.75) is 18.9 Å². The fraction of sp³-hybridized carbons (Fsp3) is 0.412. The Labute approximate surface area is 135 Å². The van der Waals surface area contributed by atoms with Crippen LogP contribution < -0.4 is 20.5 Å². The lowest BCUT2D eigenvalue weighted by Gasteiger charge is -2.16. The largest absolute Gasteiger partial charge is 0.497 e. The zero-order valence-corrected chi connectivity index (χ0v) is 13.4. The number of ether oxygens (including phenoxy) is 2. The summed E-state index contributed by atoms with van der Waals surface area (Å²) in [6.07, 6.45) is 4.49. The summed E-state index contributed by atoms with van der Waals surface area (Å²) in [5, 5.41) is 2.71. The summed E-state index contributed by atoms with van der Waals surface area (Å²) in [7, 11) is 3.13. The van der Waals surface area contributed by atoms with Crippen LogP contribution in [0.1, 0.15) is 18.4 Å². The smallest absolute Gasteiger partial charge is 0.237 e. The highest BCUT2D eigenvalue weighted by Crippen LogP contribution is 2.26. The molecule has 1 saturated heterocycles. The lowest BCUT2D eigenvalue weighted by molar-refractivity contribution is -0.127. The van der Waals surface area contributed by atoms with Gasteiger partial charge in [0, 0.05) is 24.1 Å². The van der Waals surface area contributed by atoms with E-state index in [0.717, 1.165) is 12.0 Å². The zero-order chi connectivity index (χ0) is 16.8. The molecule has 6 nitrogen and oxygen atoms in total. The number of benzene rings is 1. The molecule has 3 N–H and O–H groups in total. The van der Waals surface area contributed by atoms with Crippen LogP contribution in [-0.2, 0) is 9.59 Å². The number of nitrogens with two attached hydrogens (primary N) is 1. The van der Waals surface area contributed by atoms with E-state index in [1.54, 1.807) is 38.5 Å². The third-order valence-electron chi connectivity index (χ3n) is 3.96. The van der Waals surface area contributed by atoms with Crippen LogP contribution in [0.5, 0.6) is 11.5 Å². The maximum atomic E-state index is 12.4. The first-order valence-electron chi connectivity index (χ1n) is 7.54. The number of nitrogens with one attached hydrogen (secondary N) is 1. The van der Waals surface area contributed by atoms with Gasteiger partial charge in [-0.3, -0.25) is 9.59 Å². The molecule has 1 heterocycles. The van der Waals surface area contributed by atoms with Crippen molar-refractivity contribution in [2.24, 2.45) is 11.7 Å². The molecule has 6 heteroatoms. The molecule has 1 aromatic carbocycles. The normalized spacial score (nSPS) is 21.6. The molecule has 0 spiro atoms. The Kier molecular flexibility index (Phi) is 5.76. The van der Waals surface area contributed by atoms with E-state index in [4.69, 9.17) is 15.2 Å². The number of carbonyl (C=O) groups is 2. The van der Waals surface area contributed by atoms with Gasteiger partial charge >= 0.3 is 0 Å². The van der Waals surface area contributed by atoms with Crippen LogP contribution in [0.4, 0.5) is 0 Å². The van der Waals surface area contributed by atoms with Gasteiger partial charge in [-0.1, -0.05) is 0 Å². The topological polar surface area (TPSA) is 90.7 Å². The summed E-state index contributed by atoms with van der Waals surface area (Å²) in [5.74, 6) is 0.380. The summed E-state index contributed by atoms with van der Waals surface area (Å²) in [6, 6.07) is 4.54. The van der Waals surface area contributed by atoms with Crippen molar-refractivity contribution in [3.8, 4) is 11.5 Å². The molecule has 1 amide bonds. The average Bonchev–Trinajstić information content (AvgIpc) is 2.74. The van der Waals surface area contributed by atoms with Gasteiger partial charge in [-0.25, -0.2) is 0 Å². The second-order valence-corrected chi connectivity index (χ2v) is 5.41.